The maximum Gasteiger partial charge on any atom is 0.228 e. The second-order valence-corrected chi connectivity index (χ2v) is 5.95. The summed E-state index contributed by atoms with van der Waals surface area (Å²) in [5.41, 5.74) is 1.05. The molecule has 0 saturated carbocycles. The van der Waals surface area contributed by atoms with Gasteiger partial charge in [-0.05, 0) is 39.3 Å². The standard InChI is InChI=1S/C16H22N6/c1-12(2)22-8-3-5-13(11-22)14-9-17-10-15(20-14)21-16-18-6-4-7-19-16/h4,6-7,9-10,12-13H,3,5,8,11H2,1-2H3,(H,18,19,20,21)/t13-/m0/s1. The van der Waals surface area contributed by atoms with Crippen molar-refractivity contribution in [2.45, 2.75) is 38.6 Å². The summed E-state index contributed by atoms with van der Waals surface area (Å²) in [6, 6.07) is 2.37. The van der Waals surface area contributed by atoms with Crippen LogP contribution in [-0.2, 0) is 0 Å². The minimum absolute atomic E-state index is 0.446. The summed E-state index contributed by atoms with van der Waals surface area (Å²) in [5.74, 6) is 1.69. The fourth-order valence-corrected chi connectivity index (χ4v) is 2.83. The predicted octanol–water partition coefficient (Wildman–Crippen LogP) is 2.60. The molecule has 0 aromatic carbocycles. The third-order valence-corrected chi connectivity index (χ3v) is 4.06. The number of aromatic nitrogens is 4. The van der Waals surface area contributed by atoms with E-state index in [1.807, 2.05) is 6.20 Å². The molecule has 0 radical (unpaired) electrons. The van der Waals surface area contributed by atoms with Gasteiger partial charge < -0.3 is 10.2 Å². The van der Waals surface area contributed by atoms with Gasteiger partial charge >= 0.3 is 0 Å². The Kier molecular flexibility index (Phi) is 4.58. The van der Waals surface area contributed by atoms with Crippen LogP contribution >= 0.6 is 0 Å². The van der Waals surface area contributed by atoms with Gasteiger partial charge in [0.1, 0.15) is 0 Å². The van der Waals surface area contributed by atoms with Crippen molar-refractivity contribution in [3.05, 3.63) is 36.5 Å². The first-order valence-corrected chi connectivity index (χ1v) is 7.82. The average Bonchev–Trinajstić information content (AvgIpc) is 2.56. The van der Waals surface area contributed by atoms with Gasteiger partial charge in [-0.3, -0.25) is 4.98 Å². The van der Waals surface area contributed by atoms with Gasteiger partial charge in [0.25, 0.3) is 0 Å². The Morgan fingerprint density at radius 1 is 1.23 bits per heavy atom. The summed E-state index contributed by atoms with van der Waals surface area (Å²) < 4.78 is 0. The molecule has 3 heterocycles. The molecular formula is C16H22N6. The number of rotatable bonds is 4. The molecule has 1 atom stereocenters. The smallest absolute Gasteiger partial charge is 0.228 e. The Morgan fingerprint density at radius 2 is 2.05 bits per heavy atom. The molecule has 6 nitrogen and oxygen atoms in total. The zero-order chi connectivity index (χ0) is 15.4. The van der Waals surface area contributed by atoms with Crippen molar-refractivity contribution in [2.24, 2.45) is 0 Å². The van der Waals surface area contributed by atoms with Gasteiger partial charge in [-0.2, -0.15) is 0 Å². The quantitative estimate of drug-likeness (QED) is 0.936. The van der Waals surface area contributed by atoms with Crippen LogP contribution in [0.5, 0.6) is 0 Å². The number of likely N-dealkylation sites (tertiary alicyclic amines) is 1. The zero-order valence-corrected chi connectivity index (χ0v) is 13.1. The molecule has 0 spiro atoms. The summed E-state index contributed by atoms with van der Waals surface area (Å²) in [6.07, 6.45) is 9.38. The largest absolute Gasteiger partial charge is 0.307 e. The molecule has 2 aromatic heterocycles. The minimum Gasteiger partial charge on any atom is -0.307 e. The predicted molar refractivity (Wildman–Crippen MR) is 86.0 cm³/mol. The molecular weight excluding hydrogens is 276 g/mol. The summed E-state index contributed by atoms with van der Waals surface area (Å²) >= 11 is 0. The van der Waals surface area contributed by atoms with Crippen LogP contribution in [0.3, 0.4) is 0 Å². The Balaban J connectivity index is 1.73. The maximum atomic E-state index is 4.71. The second kappa shape index (κ2) is 6.79. The molecule has 0 unspecified atom stereocenters. The van der Waals surface area contributed by atoms with Crippen LogP contribution < -0.4 is 5.32 Å². The van der Waals surface area contributed by atoms with E-state index in [0.29, 0.717) is 23.7 Å². The first-order valence-electron chi connectivity index (χ1n) is 7.82. The lowest BCUT2D eigenvalue weighted by molar-refractivity contribution is 0.166. The average molecular weight is 298 g/mol. The van der Waals surface area contributed by atoms with Gasteiger partial charge in [0.2, 0.25) is 5.95 Å². The number of piperidine rings is 1. The Bertz CT molecular complexity index is 601. The van der Waals surface area contributed by atoms with Gasteiger partial charge in [0.05, 0.1) is 11.9 Å². The van der Waals surface area contributed by atoms with Crippen molar-refractivity contribution >= 4 is 11.8 Å². The number of nitrogens with zero attached hydrogens (tertiary/aromatic N) is 5. The molecule has 3 rings (SSSR count). The highest BCUT2D eigenvalue weighted by Gasteiger charge is 2.24. The van der Waals surface area contributed by atoms with E-state index in [4.69, 9.17) is 4.98 Å². The van der Waals surface area contributed by atoms with Gasteiger partial charge in [0.15, 0.2) is 5.82 Å². The number of anilines is 2. The van der Waals surface area contributed by atoms with Gasteiger partial charge in [-0.1, -0.05) is 0 Å². The van der Waals surface area contributed by atoms with E-state index in [2.05, 4.69) is 39.0 Å². The Morgan fingerprint density at radius 3 is 2.82 bits per heavy atom. The molecule has 1 fully saturated rings. The van der Waals surface area contributed by atoms with Crippen LogP contribution in [0, 0.1) is 0 Å². The lowest BCUT2D eigenvalue weighted by Gasteiger charge is -2.35. The summed E-state index contributed by atoms with van der Waals surface area (Å²) in [6.45, 7) is 6.73. The molecule has 116 valence electrons. The van der Waals surface area contributed by atoms with Gasteiger partial charge in [-0.25, -0.2) is 15.0 Å². The topological polar surface area (TPSA) is 66.8 Å². The van der Waals surface area contributed by atoms with E-state index in [9.17, 15) is 0 Å². The number of hydrogen-bond acceptors (Lipinski definition) is 6. The molecule has 22 heavy (non-hydrogen) atoms. The van der Waals surface area contributed by atoms with Crippen molar-refractivity contribution in [1.82, 2.24) is 24.8 Å². The fraction of sp³-hybridized carbons (Fsp3) is 0.500. The Hall–Kier alpha value is -2.08. The van der Waals surface area contributed by atoms with E-state index in [-0.39, 0.29) is 0 Å². The van der Waals surface area contributed by atoms with Crippen LogP contribution in [0.4, 0.5) is 11.8 Å². The van der Waals surface area contributed by atoms with Gasteiger partial charge in [-0.15, -0.1) is 0 Å². The fourth-order valence-electron chi connectivity index (χ4n) is 2.83. The highest BCUT2D eigenvalue weighted by molar-refractivity contribution is 5.45. The second-order valence-electron chi connectivity index (χ2n) is 5.95. The summed E-state index contributed by atoms with van der Waals surface area (Å²) in [7, 11) is 0. The number of hydrogen-bond donors (Lipinski definition) is 1. The van der Waals surface area contributed by atoms with Crippen LogP contribution in [-0.4, -0.2) is 44.0 Å². The van der Waals surface area contributed by atoms with Crippen LogP contribution in [0.1, 0.15) is 38.3 Å². The van der Waals surface area contributed by atoms with Crippen LogP contribution in [0.25, 0.3) is 0 Å². The normalized spacial score (nSPS) is 19.3. The molecule has 1 N–H and O–H groups in total. The summed E-state index contributed by atoms with van der Waals surface area (Å²) in [5, 5.41) is 3.11. The van der Waals surface area contributed by atoms with Crippen molar-refractivity contribution in [3.63, 3.8) is 0 Å². The highest BCUT2D eigenvalue weighted by atomic mass is 15.2. The van der Waals surface area contributed by atoms with Crippen LogP contribution in [0.15, 0.2) is 30.9 Å². The molecule has 1 aliphatic rings. The molecule has 0 aliphatic carbocycles. The molecule has 1 aliphatic heterocycles. The zero-order valence-electron chi connectivity index (χ0n) is 13.1. The van der Waals surface area contributed by atoms with Crippen molar-refractivity contribution < 1.29 is 0 Å². The first kappa shape index (κ1) is 14.8. The Labute approximate surface area is 131 Å². The van der Waals surface area contributed by atoms with E-state index >= 15 is 0 Å². The molecule has 0 bridgehead atoms. The van der Waals surface area contributed by atoms with E-state index in [1.165, 1.54) is 19.4 Å². The van der Waals surface area contributed by atoms with Crippen LogP contribution in [0.2, 0.25) is 0 Å². The summed E-state index contributed by atoms with van der Waals surface area (Å²) in [4.78, 5) is 19.8. The maximum absolute atomic E-state index is 4.71. The molecule has 2 aromatic rings. The van der Waals surface area contributed by atoms with E-state index in [1.54, 1.807) is 24.7 Å². The van der Waals surface area contributed by atoms with E-state index in [0.717, 1.165) is 12.2 Å². The SMILES string of the molecule is CC(C)N1CCC[C@H](c2cncc(Nc3ncccn3)n2)C1. The molecule has 1 saturated heterocycles. The third kappa shape index (κ3) is 3.57. The van der Waals surface area contributed by atoms with E-state index < -0.39 is 0 Å². The van der Waals surface area contributed by atoms with Crippen molar-refractivity contribution in [3.8, 4) is 0 Å². The monoisotopic (exact) mass is 298 g/mol. The highest BCUT2D eigenvalue weighted by Crippen LogP contribution is 2.27. The molecule has 6 heteroatoms. The van der Waals surface area contributed by atoms with Gasteiger partial charge in [0, 0.05) is 37.1 Å². The minimum atomic E-state index is 0.446. The lowest BCUT2D eigenvalue weighted by Crippen LogP contribution is -2.39. The lowest BCUT2D eigenvalue weighted by atomic mass is 9.94. The number of nitrogens with one attached hydrogen (secondary N) is 1. The first-order chi connectivity index (χ1) is 10.7. The molecule has 0 amide bonds. The van der Waals surface area contributed by atoms with Crippen molar-refractivity contribution in [1.29, 1.82) is 0 Å². The van der Waals surface area contributed by atoms with Crippen molar-refractivity contribution in [2.75, 3.05) is 18.4 Å². The third-order valence-electron chi connectivity index (χ3n) is 4.06.